The predicted molar refractivity (Wildman–Crippen MR) is 138 cm³/mol. The Hall–Kier alpha value is -3.52. The van der Waals surface area contributed by atoms with Gasteiger partial charge in [-0.05, 0) is 37.1 Å². The number of aryl methyl sites for hydroxylation is 1. The van der Waals surface area contributed by atoms with Crippen LogP contribution >= 0.6 is 11.6 Å². The first-order valence-electron chi connectivity index (χ1n) is 11.9. The molecule has 2 aromatic carbocycles. The van der Waals surface area contributed by atoms with E-state index >= 15 is 0 Å². The van der Waals surface area contributed by atoms with Crippen molar-refractivity contribution in [3.05, 3.63) is 79.7 Å². The lowest BCUT2D eigenvalue weighted by molar-refractivity contribution is 0.0732. The number of amides is 1. The number of carbonyl (C=O) groups excluding carboxylic acids is 1. The van der Waals surface area contributed by atoms with Crippen molar-refractivity contribution in [2.24, 2.45) is 0 Å². The summed E-state index contributed by atoms with van der Waals surface area (Å²) in [5.41, 5.74) is 0.191. The summed E-state index contributed by atoms with van der Waals surface area (Å²) in [5, 5.41) is 6.38. The summed E-state index contributed by atoms with van der Waals surface area (Å²) in [6, 6.07) is 11.9. The molecule has 0 spiro atoms. The van der Waals surface area contributed by atoms with Crippen LogP contribution in [0.2, 0.25) is 5.02 Å². The van der Waals surface area contributed by atoms with Crippen LogP contribution < -0.4 is 11.1 Å². The molecule has 0 atom stereocenters. The average Bonchev–Trinajstić information content (AvgIpc) is 2.84. The van der Waals surface area contributed by atoms with Gasteiger partial charge in [0.2, 0.25) is 0 Å². The van der Waals surface area contributed by atoms with E-state index in [2.05, 4.69) is 22.0 Å². The number of nitrogens with zero attached hydrogens (tertiary/aromatic N) is 4. The van der Waals surface area contributed by atoms with Gasteiger partial charge in [-0.3, -0.25) is 14.4 Å². The Morgan fingerprint density at radius 1 is 1.03 bits per heavy atom. The highest BCUT2D eigenvalue weighted by Crippen LogP contribution is 2.18. The third-order valence-electron chi connectivity index (χ3n) is 5.88. The monoisotopic (exact) mass is 493 g/mol. The van der Waals surface area contributed by atoms with Crippen molar-refractivity contribution in [2.75, 3.05) is 6.54 Å². The van der Waals surface area contributed by atoms with Crippen LogP contribution in [-0.4, -0.2) is 37.1 Å². The fraction of sp³-hybridized carbons (Fsp3) is 0.346. The van der Waals surface area contributed by atoms with Gasteiger partial charge < -0.3 is 9.88 Å². The molecular weight excluding hydrogens is 466 g/mol. The number of nitrogens with one attached hydrogen (secondary N) is 1. The second-order valence-corrected chi connectivity index (χ2v) is 8.97. The number of rotatable bonds is 9. The molecule has 4 aromatic rings. The van der Waals surface area contributed by atoms with Crippen molar-refractivity contribution in [1.29, 1.82) is 0 Å². The molecule has 1 N–H and O–H groups in total. The van der Waals surface area contributed by atoms with E-state index in [9.17, 15) is 14.4 Å². The quantitative estimate of drug-likeness (QED) is 0.345. The van der Waals surface area contributed by atoms with Gasteiger partial charge in [0.05, 0.1) is 22.8 Å². The molecular formula is C26H28ClN5O3. The van der Waals surface area contributed by atoms with Crippen molar-refractivity contribution in [2.45, 2.75) is 52.6 Å². The molecule has 0 aliphatic carbocycles. The first-order valence-corrected chi connectivity index (χ1v) is 12.3. The summed E-state index contributed by atoms with van der Waals surface area (Å²) in [7, 11) is 0. The zero-order valence-corrected chi connectivity index (χ0v) is 20.6. The van der Waals surface area contributed by atoms with Gasteiger partial charge in [-0.15, -0.1) is 0 Å². The van der Waals surface area contributed by atoms with Crippen molar-refractivity contribution in [3.8, 4) is 0 Å². The predicted octanol–water partition coefficient (Wildman–Crippen LogP) is 4.53. The Kier molecular flexibility index (Phi) is 7.60. The number of unbranched alkanes of at least 4 members (excludes halogenated alkanes) is 2. The number of carbonyl (C=O) groups is 1. The molecule has 0 aliphatic heterocycles. The molecule has 0 bridgehead atoms. The lowest BCUT2D eigenvalue weighted by Crippen LogP contribution is -2.35. The van der Waals surface area contributed by atoms with Crippen molar-refractivity contribution in [1.82, 2.24) is 24.6 Å². The highest BCUT2D eigenvalue weighted by molar-refractivity contribution is 6.31. The molecule has 2 aromatic heterocycles. The van der Waals surface area contributed by atoms with Crippen LogP contribution in [0.4, 0.5) is 0 Å². The van der Waals surface area contributed by atoms with Crippen molar-refractivity contribution in [3.63, 3.8) is 0 Å². The maximum atomic E-state index is 13.8. The SMILES string of the molecule is CCCCCn1nc(C(=O)N(CCC)Cc2nc3cc(Cl)ccc3c(=O)[nH]2)c2ccccc2c1=O. The zero-order valence-electron chi connectivity index (χ0n) is 19.9. The highest BCUT2D eigenvalue weighted by atomic mass is 35.5. The van der Waals surface area contributed by atoms with E-state index in [-0.39, 0.29) is 29.3 Å². The summed E-state index contributed by atoms with van der Waals surface area (Å²) >= 11 is 6.08. The van der Waals surface area contributed by atoms with E-state index in [1.165, 1.54) is 4.68 Å². The molecule has 0 saturated heterocycles. The van der Waals surface area contributed by atoms with E-state index in [1.807, 2.05) is 6.92 Å². The van der Waals surface area contributed by atoms with Crippen LogP contribution in [-0.2, 0) is 13.1 Å². The summed E-state index contributed by atoms with van der Waals surface area (Å²) in [6.07, 6.45) is 3.49. The molecule has 2 heterocycles. The standard InChI is InChI=1S/C26H28ClN5O3/c1-3-5-8-14-32-25(34)19-10-7-6-9-18(19)23(30-32)26(35)31(13-4-2)16-22-28-21-15-17(27)11-12-20(21)24(33)29-22/h6-7,9-12,15H,3-5,8,13-14,16H2,1-2H3,(H,28,29,33). The van der Waals surface area contributed by atoms with Gasteiger partial charge in [-0.1, -0.05) is 56.5 Å². The highest BCUT2D eigenvalue weighted by Gasteiger charge is 2.23. The van der Waals surface area contributed by atoms with Crippen LogP contribution in [0.1, 0.15) is 55.8 Å². The molecule has 0 unspecified atom stereocenters. The Balaban J connectivity index is 1.75. The normalized spacial score (nSPS) is 11.3. The molecule has 8 nitrogen and oxygen atoms in total. The van der Waals surface area contributed by atoms with E-state index in [1.54, 1.807) is 47.4 Å². The summed E-state index contributed by atoms with van der Waals surface area (Å²) in [4.78, 5) is 48.2. The molecule has 35 heavy (non-hydrogen) atoms. The minimum atomic E-state index is -0.318. The lowest BCUT2D eigenvalue weighted by Gasteiger charge is -2.22. The third-order valence-corrected chi connectivity index (χ3v) is 6.12. The summed E-state index contributed by atoms with van der Waals surface area (Å²) < 4.78 is 1.40. The van der Waals surface area contributed by atoms with Crippen LogP contribution in [0.25, 0.3) is 21.7 Å². The Morgan fingerprint density at radius 2 is 1.80 bits per heavy atom. The van der Waals surface area contributed by atoms with Crippen LogP contribution in [0.5, 0.6) is 0 Å². The first-order chi connectivity index (χ1) is 16.9. The van der Waals surface area contributed by atoms with Gasteiger partial charge in [0.15, 0.2) is 5.69 Å². The molecule has 0 fully saturated rings. The maximum absolute atomic E-state index is 13.8. The minimum absolute atomic E-state index is 0.0926. The Bertz CT molecular complexity index is 1490. The van der Waals surface area contributed by atoms with Gasteiger partial charge in [-0.25, -0.2) is 9.67 Å². The topological polar surface area (TPSA) is 101 Å². The number of hydrogen-bond acceptors (Lipinski definition) is 5. The van der Waals surface area contributed by atoms with E-state index in [0.29, 0.717) is 52.0 Å². The second kappa shape index (κ2) is 10.8. The smallest absolute Gasteiger partial charge is 0.275 e. The van der Waals surface area contributed by atoms with Crippen molar-refractivity contribution < 1.29 is 4.79 Å². The van der Waals surface area contributed by atoms with Gasteiger partial charge in [0.25, 0.3) is 17.0 Å². The number of hydrogen-bond donors (Lipinski definition) is 1. The van der Waals surface area contributed by atoms with E-state index < -0.39 is 0 Å². The van der Waals surface area contributed by atoms with Crippen LogP contribution in [0.15, 0.2) is 52.1 Å². The van der Waals surface area contributed by atoms with Gasteiger partial charge >= 0.3 is 0 Å². The Morgan fingerprint density at radius 3 is 2.54 bits per heavy atom. The molecule has 0 saturated carbocycles. The van der Waals surface area contributed by atoms with Gasteiger partial charge in [-0.2, -0.15) is 5.10 Å². The Labute approximate surface area is 207 Å². The number of aromatic nitrogens is 4. The van der Waals surface area contributed by atoms with Crippen LogP contribution in [0.3, 0.4) is 0 Å². The lowest BCUT2D eigenvalue weighted by atomic mass is 10.1. The number of H-pyrrole nitrogens is 1. The molecule has 0 aliphatic rings. The zero-order chi connectivity index (χ0) is 24.9. The third kappa shape index (κ3) is 5.27. The molecule has 1 amide bonds. The van der Waals surface area contributed by atoms with E-state index in [4.69, 9.17) is 11.6 Å². The fourth-order valence-electron chi connectivity index (χ4n) is 4.15. The number of aromatic amines is 1. The van der Waals surface area contributed by atoms with Gasteiger partial charge in [0.1, 0.15) is 5.82 Å². The van der Waals surface area contributed by atoms with Gasteiger partial charge in [0, 0.05) is 23.5 Å². The summed E-state index contributed by atoms with van der Waals surface area (Å²) in [6.45, 7) is 5.03. The molecule has 4 rings (SSSR count). The van der Waals surface area contributed by atoms with Crippen LogP contribution in [0, 0.1) is 0 Å². The second-order valence-electron chi connectivity index (χ2n) is 8.53. The van der Waals surface area contributed by atoms with Crippen molar-refractivity contribution >= 4 is 39.2 Å². The largest absolute Gasteiger partial charge is 0.330 e. The maximum Gasteiger partial charge on any atom is 0.275 e. The van der Waals surface area contributed by atoms with E-state index in [0.717, 1.165) is 19.3 Å². The average molecular weight is 494 g/mol. The number of benzene rings is 2. The fourth-order valence-corrected chi connectivity index (χ4v) is 4.31. The number of halogens is 1. The molecule has 0 radical (unpaired) electrons. The molecule has 9 heteroatoms. The number of fused-ring (bicyclic) bond motifs is 2. The first kappa shape index (κ1) is 24.6. The summed E-state index contributed by atoms with van der Waals surface area (Å²) in [5.74, 6) is 0.0354. The minimum Gasteiger partial charge on any atom is -0.330 e. The molecule has 182 valence electrons.